The van der Waals surface area contributed by atoms with Crippen molar-refractivity contribution in [3.05, 3.63) is 114 Å². The smallest absolute Gasteiger partial charge is 0.315 e. The minimum atomic E-state index is -0.810. The van der Waals surface area contributed by atoms with Crippen LogP contribution >= 0.6 is 0 Å². The lowest BCUT2D eigenvalue weighted by Gasteiger charge is -2.19. The molecule has 7 atom stereocenters. The number of hydrogen-bond donors (Lipinski definition) is 5. The Bertz CT molecular complexity index is 2090. The summed E-state index contributed by atoms with van der Waals surface area (Å²) >= 11 is 0. The highest BCUT2D eigenvalue weighted by atomic mass is 16.2. The van der Waals surface area contributed by atoms with Crippen LogP contribution in [0.1, 0.15) is 118 Å². The molecule has 2 saturated carbocycles. The Morgan fingerprint density at radius 2 is 1.19 bits per heavy atom. The van der Waals surface area contributed by atoms with Crippen LogP contribution in [0, 0.1) is 11.8 Å². The molecule has 64 heavy (non-hydrogen) atoms. The van der Waals surface area contributed by atoms with Crippen molar-refractivity contribution in [1.82, 2.24) is 41.0 Å². The zero-order valence-electron chi connectivity index (χ0n) is 37.5. The van der Waals surface area contributed by atoms with E-state index >= 15 is 0 Å². The molecule has 4 aromatic rings. The number of carbonyl (C=O) groups excluding carboxylic acids is 5. The highest BCUT2D eigenvalue weighted by Crippen LogP contribution is 2.42. The fraction of sp³-hybridized carbons (Fsp3) is 0.490. The maximum atomic E-state index is 14.1. The molecule has 2 heterocycles. The van der Waals surface area contributed by atoms with Crippen LogP contribution in [-0.4, -0.2) is 88.4 Å². The monoisotopic (exact) mass is 871 g/mol. The molecular weight excluding hydrogens is 805 g/mol. The molecule has 1 aromatic heterocycles. The molecular formula is C51H66N8O5. The number of nitrogens with zero attached hydrogens (tertiary/aromatic N) is 3. The Labute approximate surface area is 377 Å². The molecule has 340 valence electrons. The highest BCUT2D eigenvalue weighted by Gasteiger charge is 2.49. The van der Waals surface area contributed by atoms with E-state index in [9.17, 15) is 24.0 Å². The van der Waals surface area contributed by atoms with Crippen molar-refractivity contribution in [2.45, 2.75) is 121 Å². The molecule has 3 aromatic carbocycles. The van der Waals surface area contributed by atoms with Crippen molar-refractivity contribution in [2.24, 2.45) is 11.8 Å². The molecule has 13 nitrogen and oxygen atoms in total. The molecule has 2 aliphatic carbocycles. The zero-order valence-corrected chi connectivity index (χ0v) is 37.5. The molecule has 7 rings (SSSR count). The maximum Gasteiger partial charge on any atom is 0.315 e. The van der Waals surface area contributed by atoms with Gasteiger partial charge < -0.3 is 36.1 Å². The van der Waals surface area contributed by atoms with Gasteiger partial charge in [-0.2, -0.15) is 0 Å². The third-order valence-corrected chi connectivity index (χ3v) is 12.9. The van der Waals surface area contributed by atoms with E-state index in [4.69, 9.17) is 0 Å². The molecule has 3 aliphatic rings. The van der Waals surface area contributed by atoms with Gasteiger partial charge in [0.15, 0.2) is 0 Å². The van der Waals surface area contributed by atoms with Crippen LogP contribution in [0.4, 0.5) is 4.79 Å². The first-order valence-corrected chi connectivity index (χ1v) is 23.7. The summed E-state index contributed by atoms with van der Waals surface area (Å²) < 4.78 is 1.79. The Kier molecular flexibility index (Phi) is 16.2. The van der Waals surface area contributed by atoms with Crippen LogP contribution in [0.15, 0.2) is 97.5 Å². The number of benzene rings is 3. The molecule has 0 spiro atoms. The molecule has 0 radical (unpaired) electrons. The topological polar surface area (TPSA) is 167 Å². The summed E-state index contributed by atoms with van der Waals surface area (Å²) in [5.74, 6) is -1.77. The minimum Gasteiger partial charge on any atom is -0.354 e. The van der Waals surface area contributed by atoms with Gasteiger partial charge in [0.05, 0.1) is 30.4 Å². The van der Waals surface area contributed by atoms with E-state index in [0.717, 1.165) is 69.8 Å². The second-order valence-corrected chi connectivity index (χ2v) is 17.9. The molecule has 1 unspecified atom stereocenters. The number of nitrogens with one attached hydrogen (secondary N) is 5. The van der Waals surface area contributed by atoms with Gasteiger partial charge in [-0.15, -0.1) is 0 Å². The van der Waals surface area contributed by atoms with Gasteiger partial charge in [-0.1, -0.05) is 132 Å². The Morgan fingerprint density at radius 3 is 1.75 bits per heavy atom. The Morgan fingerprint density at radius 1 is 0.656 bits per heavy atom. The highest BCUT2D eigenvalue weighted by molar-refractivity contribution is 5.97. The fourth-order valence-corrected chi connectivity index (χ4v) is 8.93. The van der Waals surface area contributed by atoms with Crippen LogP contribution in [0.25, 0.3) is 11.3 Å². The predicted molar refractivity (Wildman–Crippen MR) is 248 cm³/mol. The lowest BCUT2D eigenvalue weighted by atomic mass is 9.94. The minimum absolute atomic E-state index is 0.000645. The largest absolute Gasteiger partial charge is 0.354 e. The number of imidazole rings is 1. The summed E-state index contributed by atoms with van der Waals surface area (Å²) in [6, 6.07) is 26.2. The Hall–Kier alpha value is -5.98. The summed E-state index contributed by atoms with van der Waals surface area (Å²) in [7, 11) is 0. The van der Waals surface area contributed by atoms with Gasteiger partial charge in [-0.3, -0.25) is 19.2 Å². The van der Waals surface area contributed by atoms with Gasteiger partial charge in [0, 0.05) is 67.4 Å². The normalized spacial score (nSPS) is 21.4. The average Bonchev–Trinajstić information content (AvgIpc) is 4.15. The molecule has 1 saturated heterocycles. The first kappa shape index (κ1) is 46.0. The maximum absolute atomic E-state index is 14.1. The van der Waals surface area contributed by atoms with E-state index < -0.39 is 17.9 Å². The van der Waals surface area contributed by atoms with Gasteiger partial charge in [-0.25, -0.2) is 9.78 Å². The van der Waals surface area contributed by atoms with Crippen LogP contribution in [-0.2, 0) is 20.9 Å². The molecule has 5 N–H and O–H groups in total. The van der Waals surface area contributed by atoms with Gasteiger partial charge in [0.2, 0.25) is 17.7 Å². The van der Waals surface area contributed by atoms with E-state index in [2.05, 4.69) is 69.7 Å². The molecule has 1 aliphatic heterocycles. The van der Waals surface area contributed by atoms with Gasteiger partial charge >= 0.3 is 6.03 Å². The number of unbranched alkanes of at least 4 members (excludes halogenated alkanes) is 7. The zero-order chi connectivity index (χ0) is 44.8. The summed E-state index contributed by atoms with van der Waals surface area (Å²) in [5.41, 5.74) is 4.22. The SMILES string of the molecule is CCCCCCCNC(=O)NC(Cn1cnc(-c2ccc(C(=O)N3C[C@@H](C(=O)N[C@H]4C[C@@H]4c4ccccc4)[C@H](C(=O)N[C@H]4C[C@@H]4c4ccccc4)C3)cc2)c1)C(=O)NCCCCCC. The fourth-order valence-electron chi connectivity index (χ4n) is 8.93. The second kappa shape index (κ2) is 22.6. The van der Waals surface area contributed by atoms with E-state index in [1.807, 2.05) is 54.7 Å². The predicted octanol–water partition coefficient (Wildman–Crippen LogP) is 6.92. The number of likely N-dealkylation sites (tertiary alicyclic amines) is 1. The lowest BCUT2D eigenvalue weighted by molar-refractivity contribution is -0.133. The van der Waals surface area contributed by atoms with Crippen LogP contribution in [0.5, 0.6) is 0 Å². The molecule has 13 heteroatoms. The van der Waals surface area contributed by atoms with Crippen molar-refractivity contribution in [1.29, 1.82) is 0 Å². The van der Waals surface area contributed by atoms with Crippen LogP contribution in [0.3, 0.4) is 0 Å². The average molecular weight is 871 g/mol. The first-order valence-electron chi connectivity index (χ1n) is 23.7. The lowest BCUT2D eigenvalue weighted by Crippen LogP contribution is -2.52. The number of hydrogen-bond acceptors (Lipinski definition) is 6. The number of rotatable bonds is 23. The number of aromatic nitrogens is 2. The summed E-state index contributed by atoms with van der Waals surface area (Å²) in [6.07, 6.45) is 14.7. The Balaban J connectivity index is 0.974. The second-order valence-electron chi connectivity index (χ2n) is 17.9. The van der Waals surface area contributed by atoms with E-state index in [-0.39, 0.29) is 73.2 Å². The van der Waals surface area contributed by atoms with Crippen molar-refractivity contribution in [2.75, 3.05) is 26.2 Å². The summed E-state index contributed by atoms with van der Waals surface area (Å²) in [4.78, 5) is 74.3. The van der Waals surface area contributed by atoms with Gasteiger partial charge in [0.25, 0.3) is 5.91 Å². The number of amides is 6. The van der Waals surface area contributed by atoms with Crippen molar-refractivity contribution in [3.63, 3.8) is 0 Å². The van der Waals surface area contributed by atoms with Gasteiger partial charge in [-0.05, 0) is 48.9 Å². The first-order chi connectivity index (χ1) is 31.2. The van der Waals surface area contributed by atoms with E-state index in [1.165, 1.54) is 17.5 Å². The molecule has 0 bridgehead atoms. The van der Waals surface area contributed by atoms with Crippen molar-refractivity contribution >= 4 is 29.7 Å². The van der Waals surface area contributed by atoms with Crippen LogP contribution in [0.2, 0.25) is 0 Å². The number of carbonyl (C=O) groups is 5. The quantitative estimate of drug-likeness (QED) is 0.0508. The van der Waals surface area contributed by atoms with Crippen LogP contribution < -0.4 is 26.6 Å². The summed E-state index contributed by atoms with van der Waals surface area (Å²) in [5, 5.41) is 15.2. The van der Waals surface area contributed by atoms with Gasteiger partial charge in [0.1, 0.15) is 6.04 Å². The molecule has 3 fully saturated rings. The third-order valence-electron chi connectivity index (χ3n) is 12.9. The van der Waals surface area contributed by atoms with Crippen molar-refractivity contribution in [3.8, 4) is 11.3 Å². The van der Waals surface area contributed by atoms with E-state index in [0.29, 0.717) is 24.3 Å². The molecule has 6 amide bonds. The van der Waals surface area contributed by atoms with E-state index in [1.54, 1.807) is 27.9 Å². The van der Waals surface area contributed by atoms with Crippen molar-refractivity contribution < 1.29 is 24.0 Å². The summed E-state index contributed by atoms with van der Waals surface area (Å²) in [6.45, 7) is 5.87. The number of urea groups is 1. The standard InChI is InChI=1S/C51H66N8O5/c1-3-5-7-9-17-27-53-51(64)57-46(49(62)52-26-16-8-6-4-2)33-58-32-45(54-34-58)37-22-24-38(25-23-37)50(63)59-30-41(47(60)55-43-28-39(43)35-18-12-10-13-19-35)42(31-59)48(61)56-44-29-40(44)36-20-14-11-15-21-36/h10-15,18-25,32,34,39-44,46H,3-9,16-17,26-31,33H2,1-2H3,(H,52,62)(H,55,60)(H,56,61)(H2,53,57,64)/t39-,40-,41-,42-,43+,44+,46?/m1/s1. The third kappa shape index (κ3) is 12.6.